The summed E-state index contributed by atoms with van der Waals surface area (Å²) in [4.78, 5) is 18.2. The number of nitrogens with one attached hydrogen (secondary N) is 2. The lowest BCUT2D eigenvalue weighted by atomic mass is 10.2. The van der Waals surface area contributed by atoms with Gasteiger partial charge in [0.25, 0.3) is 0 Å². The Bertz CT molecular complexity index is 667. The van der Waals surface area contributed by atoms with E-state index in [-0.39, 0.29) is 11.9 Å². The Kier molecular flexibility index (Phi) is 4.61. The van der Waals surface area contributed by atoms with Crippen molar-refractivity contribution in [2.24, 2.45) is 4.99 Å². The fraction of sp³-hybridized carbons (Fsp3) is 0.294. The molecule has 1 fully saturated rings. The second-order valence-electron chi connectivity index (χ2n) is 5.39. The van der Waals surface area contributed by atoms with Crippen molar-refractivity contribution in [3.63, 3.8) is 0 Å². The van der Waals surface area contributed by atoms with E-state index in [2.05, 4.69) is 15.6 Å². The number of guanidine groups is 1. The zero-order chi connectivity index (χ0) is 16.1. The van der Waals surface area contributed by atoms with Gasteiger partial charge in [0, 0.05) is 25.7 Å². The van der Waals surface area contributed by atoms with Crippen LogP contribution in [0.15, 0.2) is 58.1 Å². The second kappa shape index (κ2) is 7.00. The highest BCUT2D eigenvalue weighted by Gasteiger charge is 2.30. The molecule has 3 rings (SSSR count). The van der Waals surface area contributed by atoms with Gasteiger partial charge in [0.2, 0.25) is 5.91 Å². The largest absolute Gasteiger partial charge is 0.467 e. The van der Waals surface area contributed by atoms with Crippen LogP contribution in [0.3, 0.4) is 0 Å². The number of furan rings is 1. The lowest BCUT2D eigenvalue weighted by molar-refractivity contribution is -0.117. The number of benzene rings is 1. The Labute approximate surface area is 135 Å². The summed E-state index contributed by atoms with van der Waals surface area (Å²) in [5.41, 5.74) is 0.931. The van der Waals surface area contributed by atoms with Crippen LogP contribution in [0.2, 0.25) is 0 Å². The molecule has 1 unspecified atom stereocenters. The van der Waals surface area contributed by atoms with E-state index in [9.17, 15) is 4.79 Å². The first-order valence-corrected chi connectivity index (χ1v) is 7.61. The van der Waals surface area contributed by atoms with Gasteiger partial charge in [-0.05, 0) is 24.3 Å². The molecule has 2 aromatic rings. The second-order valence-corrected chi connectivity index (χ2v) is 5.39. The van der Waals surface area contributed by atoms with Gasteiger partial charge in [-0.25, -0.2) is 0 Å². The Morgan fingerprint density at radius 1 is 1.30 bits per heavy atom. The third-order valence-corrected chi connectivity index (χ3v) is 3.77. The van der Waals surface area contributed by atoms with Gasteiger partial charge >= 0.3 is 0 Å². The summed E-state index contributed by atoms with van der Waals surface area (Å²) < 4.78 is 5.28. The molecule has 0 spiro atoms. The fourth-order valence-corrected chi connectivity index (χ4v) is 2.63. The molecule has 1 aromatic heterocycles. The maximum Gasteiger partial charge on any atom is 0.229 e. The van der Waals surface area contributed by atoms with Crippen LogP contribution in [0.5, 0.6) is 0 Å². The highest BCUT2D eigenvalue weighted by atomic mass is 16.3. The summed E-state index contributed by atoms with van der Waals surface area (Å²) >= 11 is 0. The molecule has 2 N–H and O–H groups in total. The van der Waals surface area contributed by atoms with E-state index in [4.69, 9.17) is 4.42 Å². The molecule has 1 saturated heterocycles. The van der Waals surface area contributed by atoms with Gasteiger partial charge in [-0.1, -0.05) is 18.2 Å². The molecular formula is C17H20N4O2. The van der Waals surface area contributed by atoms with Gasteiger partial charge in [0.1, 0.15) is 5.76 Å². The van der Waals surface area contributed by atoms with Crippen LogP contribution in [-0.4, -0.2) is 31.5 Å². The van der Waals surface area contributed by atoms with Gasteiger partial charge in [0.15, 0.2) is 5.96 Å². The lowest BCUT2D eigenvalue weighted by Crippen LogP contribution is -2.44. The predicted octanol–water partition coefficient (Wildman–Crippen LogP) is 1.75. The van der Waals surface area contributed by atoms with Crippen molar-refractivity contribution in [1.29, 1.82) is 0 Å². The smallest absolute Gasteiger partial charge is 0.229 e. The number of carbonyl (C=O) groups excluding carboxylic acids is 1. The Morgan fingerprint density at radius 3 is 2.83 bits per heavy atom. The van der Waals surface area contributed by atoms with Gasteiger partial charge in [-0.2, -0.15) is 0 Å². The fourth-order valence-electron chi connectivity index (χ4n) is 2.63. The van der Waals surface area contributed by atoms with Crippen LogP contribution in [0.1, 0.15) is 12.2 Å². The number of aliphatic imine (C=N–C) groups is 1. The third-order valence-electron chi connectivity index (χ3n) is 3.77. The van der Waals surface area contributed by atoms with Crippen molar-refractivity contribution >= 4 is 17.6 Å². The van der Waals surface area contributed by atoms with Gasteiger partial charge < -0.3 is 20.0 Å². The summed E-state index contributed by atoms with van der Waals surface area (Å²) in [7, 11) is 1.71. The monoisotopic (exact) mass is 312 g/mol. The number of rotatable bonds is 4. The Balaban J connectivity index is 1.56. The molecule has 2 heterocycles. The van der Waals surface area contributed by atoms with Crippen molar-refractivity contribution in [3.8, 4) is 0 Å². The molecule has 6 heteroatoms. The minimum absolute atomic E-state index is 0.0329. The first-order chi connectivity index (χ1) is 11.3. The normalized spacial score (nSPS) is 18.3. The summed E-state index contributed by atoms with van der Waals surface area (Å²) in [5.74, 6) is 1.62. The van der Waals surface area contributed by atoms with Crippen LogP contribution >= 0.6 is 0 Å². The Hall–Kier alpha value is -2.76. The quantitative estimate of drug-likeness (QED) is 0.666. The van der Waals surface area contributed by atoms with Crippen LogP contribution in [-0.2, 0) is 11.3 Å². The molecule has 1 aliphatic rings. The number of hydrogen-bond acceptors (Lipinski definition) is 3. The average molecular weight is 312 g/mol. The van der Waals surface area contributed by atoms with E-state index in [0.29, 0.717) is 25.5 Å². The summed E-state index contributed by atoms with van der Waals surface area (Å²) in [6.45, 7) is 1.18. The van der Waals surface area contributed by atoms with E-state index >= 15 is 0 Å². The number of carbonyl (C=O) groups is 1. The van der Waals surface area contributed by atoms with E-state index in [1.54, 1.807) is 18.2 Å². The molecular weight excluding hydrogens is 292 g/mol. The van der Waals surface area contributed by atoms with E-state index < -0.39 is 0 Å². The molecule has 1 aliphatic heterocycles. The van der Waals surface area contributed by atoms with Gasteiger partial charge in [0.05, 0.1) is 18.8 Å². The van der Waals surface area contributed by atoms with Gasteiger partial charge in [-0.3, -0.25) is 9.79 Å². The van der Waals surface area contributed by atoms with Crippen LogP contribution < -0.4 is 15.5 Å². The number of nitrogens with zero attached hydrogens (tertiary/aromatic N) is 2. The minimum Gasteiger partial charge on any atom is -0.467 e. The molecule has 0 saturated carbocycles. The first-order valence-electron chi connectivity index (χ1n) is 7.61. The van der Waals surface area contributed by atoms with E-state index in [1.165, 1.54) is 0 Å². The highest BCUT2D eigenvalue weighted by Crippen LogP contribution is 2.20. The van der Waals surface area contributed by atoms with Crippen LogP contribution in [0.25, 0.3) is 0 Å². The van der Waals surface area contributed by atoms with Crippen molar-refractivity contribution in [3.05, 3.63) is 54.5 Å². The summed E-state index contributed by atoms with van der Waals surface area (Å²) in [5, 5.41) is 6.48. The minimum atomic E-state index is 0.0329. The highest BCUT2D eigenvalue weighted by molar-refractivity contribution is 5.97. The van der Waals surface area contributed by atoms with E-state index in [1.807, 2.05) is 42.5 Å². The van der Waals surface area contributed by atoms with Gasteiger partial charge in [-0.15, -0.1) is 0 Å². The lowest BCUT2D eigenvalue weighted by Gasteiger charge is -2.18. The molecule has 0 radical (unpaired) electrons. The average Bonchev–Trinajstić information content (AvgIpc) is 3.22. The summed E-state index contributed by atoms with van der Waals surface area (Å²) in [6, 6.07) is 13.5. The van der Waals surface area contributed by atoms with Crippen molar-refractivity contribution in [2.75, 3.05) is 18.5 Å². The number of hydrogen-bond donors (Lipinski definition) is 2. The molecule has 23 heavy (non-hydrogen) atoms. The third kappa shape index (κ3) is 3.71. The molecule has 1 amide bonds. The molecule has 0 aliphatic carbocycles. The molecule has 6 nitrogen and oxygen atoms in total. The summed E-state index contributed by atoms with van der Waals surface area (Å²) in [6.07, 6.45) is 2.09. The topological polar surface area (TPSA) is 69.9 Å². The molecule has 1 aromatic carbocycles. The van der Waals surface area contributed by atoms with Crippen molar-refractivity contribution in [1.82, 2.24) is 10.6 Å². The molecule has 1 atom stereocenters. The standard InChI is InChI=1S/C17H20N4O2/c1-18-17(19-11-15-8-5-9-23-15)20-13-10-16(22)21(12-13)14-6-3-2-4-7-14/h2-9,13H,10-12H2,1H3,(H2,18,19,20). The molecule has 120 valence electrons. The van der Waals surface area contributed by atoms with Crippen LogP contribution in [0.4, 0.5) is 5.69 Å². The first kappa shape index (κ1) is 15.1. The number of para-hydroxylation sites is 1. The van der Waals surface area contributed by atoms with E-state index in [0.717, 1.165) is 11.4 Å². The van der Waals surface area contributed by atoms with Crippen LogP contribution in [0, 0.1) is 0 Å². The Morgan fingerprint density at radius 2 is 2.13 bits per heavy atom. The number of amides is 1. The zero-order valence-corrected chi connectivity index (χ0v) is 13.0. The molecule has 0 bridgehead atoms. The maximum atomic E-state index is 12.2. The van der Waals surface area contributed by atoms with Crippen molar-refractivity contribution in [2.45, 2.75) is 19.0 Å². The SMILES string of the molecule is CN=C(NCc1ccco1)NC1CC(=O)N(c2ccccc2)C1. The zero-order valence-electron chi connectivity index (χ0n) is 13.0. The maximum absolute atomic E-state index is 12.2. The predicted molar refractivity (Wildman–Crippen MR) is 89.2 cm³/mol. The number of anilines is 1. The van der Waals surface area contributed by atoms with Crippen molar-refractivity contribution < 1.29 is 9.21 Å².